The van der Waals surface area contributed by atoms with E-state index in [4.69, 9.17) is 4.74 Å². The molecule has 2 saturated carbocycles. The predicted octanol–water partition coefficient (Wildman–Crippen LogP) is 2.98. The number of hydrogen-bond acceptors (Lipinski definition) is 2. The number of carbonyl (C=O) groups excluding carboxylic acids is 1. The van der Waals surface area contributed by atoms with Crippen molar-refractivity contribution in [2.45, 2.75) is 26.7 Å². The van der Waals surface area contributed by atoms with E-state index in [1.807, 2.05) is 6.92 Å². The third-order valence-electron chi connectivity index (χ3n) is 5.37. The van der Waals surface area contributed by atoms with Gasteiger partial charge in [-0.3, -0.25) is 0 Å². The van der Waals surface area contributed by atoms with Crippen LogP contribution in [0.2, 0.25) is 0 Å². The number of carbonyl (C=O) groups is 1. The van der Waals surface area contributed by atoms with Crippen LogP contribution in [-0.4, -0.2) is 5.97 Å². The molecule has 4 atom stereocenters. The summed E-state index contributed by atoms with van der Waals surface area (Å²) in [5.74, 6) is 2.68. The van der Waals surface area contributed by atoms with Gasteiger partial charge in [-0.2, -0.15) is 0 Å². The van der Waals surface area contributed by atoms with E-state index in [0.29, 0.717) is 5.92 Å². The molecule has 1 heterocycles. The Bertz CT molecular complexity index is 537. The van der Waals surface area contributed by atoms with Crippen LogP contribution in [0.4, 0.5) is 0 Å². The topological polar surface area (TPSA) is 26.3 Å². The van der Waals surface area contributed by atoms with Crippen molar-refractivity contribution in [1.82, 2.24) is 0 Å². The van der Waals surface area contributed by atoms with Gasteiger partial charge in [0.2, 0.25) is 0 Å². The first-order valence-corrected chi connectivity index (χ1v) is 6.36. The van der Waals surface area contributed by atoms with Crippen LogP contribution in [0, 0.1) is 23.2 Å². The summed E-state index contributed by atoms with van der Waals surface area (Å²) in [7, 11) is 0. The minimum Gasteiger partial charge on any atom is -0.423 e. The van der Waals surface area contributed by atoms with Gasteiger partial charge in [0.15, 0.2) is 0 Å². The van der Waals surface area contributed by atoms with Crippen molar-refractivity contribution in [3.8, 4) is 0 Å². The number of esters is 1. The lowest BCUT2D eigenvalue weighted by molar-refractivity contribution is -0.133. The lowest BCUT2D eigenvalue weighted by Gasteiger charge is -2.36. The third-order valence-corrected chi connectivity index (χ3v) is 5.37. The van der Waals surface area contributed by atoms with Crippen LogP contribution < -0.4 is 0 Å². The van der Waals surface area contributed by atoms with E-state index in [1.165, 1.54) is 12.0 Å². The molecule has 2 nitrogen and oxygen atoms in total. The maximum atomic E-state index is 11.6. The van der Waals surface area contributed by atoms with Gasteiger partial charge in [-0.15, -0.1) is 0 Å². The lowest BCUT2D eigenvalue weighted by Crippen LogP contribution is -2.29. The Morgan fingerprint density at radius 1 is 1.53 bits per heavy atom. The van der Waals surface area contributed by atoms with Gasteiger partial charge in [0.05, 0.1) is 0 Å². The van der Waals surface area contributed by atoms with Crippen LogP contribution in [0.1, 0.15) is 26.7 Å². The van der Waals surface area contributed by atoms with Crippen LogP contribution in [0.3, 0.4) is 0 Å². The highest BCUT2D eigenvalue weighted by Gasteiger charge is 2.63. The number of allylic oxidation sites excluding steroid dienone is 3. The first kappa shape index (κ1) is 9.69. The van der Waals surface area contributed by atoms with Crippen molar-refractivity contribution in [2.24, 2.45) is 23.2 Å². The number of hydrogen-bond donors (Lipinski definition) is 0. The van der Waals surface area contributed by atoms with Gasteiger partial charge in [-0.05, 0) is 49.0 Å². The molecule has 4 rings (SSSR count). The molecule has 0 bridgehead atoms. The largest absolute Gasteiger partial charge is 0.423 e. The maximum Gasteiger partial charge on any atom is 0.339 e. The first-order chi connectivity index (χ1) is 8.02. The van der Waals surface area contributed by atoms with E-state index < -0.39 is 0 Å². The smallest absolute Gasteiger partial charge is 0.339 e. The molecule has 4 aliphatic rings. The normalized spacial score (nSPS) is 46.2. The first-order valence-electron chi connectivity index (χ1n) is 6.36. The molecule has 0 saturated heterocycles. The molecule has 3 aliphatic carbocycles. The molecule has 0 amide bonds. The zero-order valence-electron chi connectivity index (χ0n) is 10.2. The van der Waals surface area contributed by atoms with Crippen LogP contribution in [0.5, 0.6) is 0 Å². The fraction of sp³-hybridized carbons (Fsp3) is 0.533. The summed E-state index contributed by atoms with van der Waals surface area (Å²) in [4.78, 5) is 11.6. The zero-order chi connectivity index (χ0) is 11.9. The molecule has 0 unspecified atom stereocenters. The summed E-state index contributed by atoms with van der Waals surface area (Å²) in [5, 5.41) is 0. The highest BCUT2D eigenvalue weighted by molar-refractivity contribution is 5.94. The molecule has 0 spiro atoms. The van der Waals surface area contributed by atoms with Crippen LogP contribution in [0.25, 0.3) is 0 Å². The van der Waals surface area contributed by atoms with Gasteiger partial charge >= 0.3 is 5.97 Å². The van der Waals surface area contributed by atoms with Gasteiger partial charge in [-0.1, -0.05) is 19.1 Å². The molecule has 1 aliphatic heterocycles. The second kappa shape index (κ2) is 2.58. The molecule has 0 aromatic rings. The standard InChI is InChI=1S/C15H16O2/c1-7-9-4-12(9)15(3)6-13-10(5-11(7)15)8(2)14(16)17-13/h6,9,11-12H,1,4-5H2,2-3H3/t9-,11+,12-,15-/m0/s1. The van der Waals surface area contributed by atoms with Crippen molar-refractivity contribution < 1.29 is 9.53 Å². The summed E-state index contributed by atoms with van der Waals surface area (Å²) >= 11 is 0. The zero-order valence-corrected chi connectivity index (χ0v) is 10.2. The molecule has 2 fully saturated rings. The van der Waals surface area contributed by atoms with E-state index in [2.05, 4.69) is 19.6 Å². The van der Waals surface area contributed by atoms with Crippen LogP contribution >= 0.6 is 0 Å². The Balaban J connectivity index is 1.88. The SMILES string of the molecule is C=C1[C@H]2CC3=C(C)C(=O)OC3=C[C@]2(C)[C@H]2C[C@@H]12. The van der Waals surface area contributed by atoms with Crippen molar-refractivity contribution in [3.63, 3.8) is 0 Å². The molecular weight excluding hydrogens is 212 g/mol. The number of ether oxygens (including phenoxy) is 1. The summed E-state index contributed by atoms with van der Waals surface area (Å²) in [6.45, 7) is 8.47. The van der Waals surface area contributed by atoms with Crippen molar-refractivity contribution in [3.05, 3.63) is 35.1 Å². The Morgan fingerprint density at radius 2 is 2.29 bits per heavy atom. The maximum absolute atomic E-state index is 11.6. The minimum atomic E-state index is -0.159. The van der Waals surface area contributed by atoms with Crippen molar-refractivity contribution in [1.29, 1.82) is 0 Å². The van der Waals surface area contributed by atoms with Gasteiger partial charge in [-0.25, -0.2) is 4.79 Å². The summed E-state index contributed by atoms with van der Waals surface area (Å²) in [6, 6.07) is 0. The average Bonchev–Trinajstić information content (AvgIpc) is 2.99. The molecule has 0 aromatic carbocycles. The number of fused-ring (bicyclic) bond motifs is 4. The Hall–Kier alpha value is -1.31. The predicted molar refractivity (Wildman–Crippen MR) is 63.8 cm³/mol. The highest BCUT2D eigenvalue weighted by Crippen LogP contribution is 2.70. The van der Waals surface area contributed by atoms with E-state index in [0.717, 1.165) is 35.2 Å². The fourth-order valence-corrected chi connectivity index (χ4v) is 4.17. The van der Waals surface area contributed by atoms with E-state index in [1.54, 1.807) is 0 Å². The Kier molecular flexibility index (Phi) is 1.47. The molecule has 2 heteroatoms. The molecule has 0 aromatic heterocycles. The molecule has 0 N–H and O–H groups in total. The van der Waals surface area contributed by atoms with Gasteiger partial charge in [0, 0.05) is 11.1 Å². The minimum absolute atomic E-state index is 0.159. The summed E-state index contributed by atoms with van der Waals surface area (Å²) in [5.41, 5.74) is 3.52. The number of rotatable bonds is 0. The fourth-order valence-electron chi connectivity index (χ4n) is 4.17. The summed E-state index contributed by atoms with van der Waals surface area (Å²) < 4.78 is 5.37. The average molecular weight is 228 g/mol. The van der Waals surface area contributed by atoms with Crippen molar-refractivity contribution >= 4 is 5.97 Å². The van der Waals surface area contributed by atoms with E-state index >= 15 is 0 Å². The van der Waals surface area contributed by atoms with Gasteiger partial charge in [0.25, 0.3) is 0 Å². The Labute approximate surface area is 101 Å². The molecule has 0 radical (unpaired) electrons. The second-order valence-corrected chi connectivity index (χ2v) is 6.15. The monoisotopic (exact) mass is 228 g/mol. The Morgan fingerprint density at radius 3 is 3.06 bits per heavy atom. The third kappa shape index (κ3) is 0.958. The highest BCUT2D eigenvalue weighted by atomic mass is 16.5. The van der Waals surface area contributed by atoms with Crippen LogP contribution in [-0.2, 0) is 9.53 Å². The van der Waals surface area contributed by atoms with E-state index in [-0.39, 0.29) is 11.4 Å². The molecule has 17 heavy (non-hydrogen) atoms. The van der Waals surface area contributed by atoms with E-state index in [9.17, 15) is 4.79 Å². The van der Waals surface area contributed by atoms with Crippen LogP contribution in [0.15, 0.2) is 35.1 Å². The second-order valence-electron chi connectivity index (χ2n) is 6.15. The molecule has 88 valence electrons. The summed E-state index contributed by atoms with van der Waals surface area (Å²) in [6.07, 6.45) is 4.45. The molecular formula is C15H16O2. The van der Waals surface area contributed by atoms with Gasteiger partial charge in [0.1, 0.15) is 5.76 Å². The van der Waals surface area contributed by atoms with Gasteiger partial charge < -0.3 is 4.74 Å². The lowest BCUT2D eigenvalue weighted by atomic mass is 9.67. The van der Waals surface area contributed by atoms with Crippen molar-refractivity contribution in [2.75, 3.05) is 0 Å². The quantitative estimate of drug-likeness (QED) is 0.470.